The molecular weight excluding hydrogens is 280 g/mol. The first-order valence-corrected chi connectivity index (χ1v) is 7.83. The lowest BCUT2D eigenvalue weighted by molar-refractivity contribution is -0.141. The molecule has 0 fully saturated rings. The molecule has 2 rings (SSSR count). The quantitative estimate of drug-likeness (QED) is 0.838. The van der Waals surface area contributed by atoms with Gasteiger partial charge in [-0.25, -0.2) is 0 Å². The molecule has 1 heterocycles. The van der Waals surface area contributed by atoms with E-state index in [0.717, 1.165) is 12.8 Å². The van der Waals surface area contributed by atoms with E-state index in [0.29, 0.717) is 13.1 Å². The van der Waals surface area contributed by atoms with Gasteiger partial charge in [-0.3, -0.25) is 14.9 Å². The lowest BCUT2D eigenvalue weighted by Gasteiger charge is -2.30. The van der Waals surface area contributed by atoms with Crippen LogP contribution in [0.5, 0.6) is 0 Å². The second kappa shape index (κ2) is 7.40. The molecule has 5 nitrogen and oxygen atoms in total. The molecule has 1 aromatic carbocycles. The van der Waals surface area contributed by atoms with E-state index >= 15 is 0 Å². The normalized spacial score (nSPS) is 16.7. The van der Waals surface area contributed by atoms with Gasteiger partial charge in [0, 0.05) is 13.1 Å². The number of carboxylic acid groups (broad SMARTS) is 1. The highest BCUT2D eigenvalue weighted by molar-refractivity contribution is 5.80. The van der Waals surface area contributed by atoms with Crippen LogP contribution in [0.2, 0.25) is 0 Å². The minimum atomic E-state index is -0.897. The predicted molar refractivity (Wildman–Crippen MR) is 84.4 cm³/mol. The van der Waals surface area contributed by atoms with Crippen molar-refractivity contribution in [3.8, 4) is 0 Å². The van der Waals surface area contributed by atoms with Crippen molar-refractivity contribution >= 4 is 11.9 Å². The summed E-state index contributed by atoms with van der Waals surface area (Å²) in [6.07, 6.45) is 1.62. The van der Waals surface area contributed by atoms with E-state index in [9.17, 15) is 14.7 Å². The van der Waals surface area contributed by atoms with Crippen molar-refractivity contribution in [3.05, 3.63) is 35.4 Å². The van der Waals surface area contributed by atoms with Gasteiger partial charge in [0.25, 0.3) is 0 Å². The zero-order valence-corrected chi connectivity index (χ0v) is 13.2. The average Bonchev–Trinajstić information content (AvgIpc) is 2.53. The summed E-state index contributed by atoms with van der Waals surface area (Å²) in [4.78, 5) is 25.4. The maximum absolute atomic E-state index is 12.3. The van der Waals surface area contributed by atoms with E-state index in [-0.39, 0.29) is 18.4 Å². The zero-order valence-electron chi connectivity index (χ0n) is 13.2. The Hall–Kier alpha value is -1.88. The van der Waals surface area contributed by atoms with Crippen LogP contribution in [0.15, 0.2) is 24.3 Å². The first-order chi connectivity index (χ1) is 10.5. The Morgan fingerprint density at radius 1 is 1.32 bits per heavy atom. The Labute approximate surface area is 131 Å². The molecule has 2 N–H and O–H groups in total. The molecule has 0 radical (unpaired) electrons. The predicted octanol–water partition coefficient (Wildman–Crippen LogP) is 1.66. The second-order valence-electron chi connectivity index (χ2n) is 5.92. The molecule has 0 unspecified atom stereocenters. The van der Waals surface area contributed by atoms with Crippen molar-refractivity contribution in [2.75, 3.05) is 13.1 Å². The molecule has 0 aromatic heterocycles. The Morgan fingerprint density at radius 2 is 2.00 bits per heavy atom. The molecule has 120 valence electrons. The lowest BCUT2D eigenvalue weighted by Crippen LogP contribution is -2.48. The Bertz CT molecular complexity index is 544. The standard InChI is InChI=1S/C17H24N2O3/c1-3-12(2)16(17(21)22)18-10-15(20)19-9-8-13-6-4-5-7-14(13)11-19/h4-7,12,16,18H,3,8-11H2,1-2H3,(H,21,22)/t12-,16-/m0/s1. The van der Waals surface area contributed by atoms with E-state index in [4.69, 9.17) is 0 Å². The number of hydrogen-bond donors (Lipinski definition) is 2. The van der Waals surface area contributed by atoms with Gasteiger partial charge in [-0.2, -0.15) is 0 Å². The highest BCUT2D eigenvalue weighted by Gasteiger charge is 2.26. The summed E-state index contributed by atoms with van der Waals surface area (Å²) in [5.74, 6) is -0.942. The van der Waals surface area contributed by atoms with Crippen LogP contribution < -0.4 is 5.32 Å². The van der Waals surface area contributed by atoms with Gasteiger partial charge in [0.2, 0.25) is 5.91 Å². The summed E-state index contributed by atoms with van der Waals surface area (Å²) in [6, 6.07) is 7.46. The summed E-state index contributed by atoms with van der Waals surface area (Å²) in [6.45, 7) is 5.21. The summed E-state index contributed by atoms with van der Waals surface area (Å²) < 4.78 is 0. The van der Waals surface area contributed by atoms with Crippen LogP contribution in [0.1, 0.15) is 31.4 Å². The van der Waals surface area contributed by atoms with Gasteiger partial charge in [0.05, 0.1) is 6.54 Å². The maximum atomic E-state index is 12.3. The molecule has 1 aromatic rings. The third-order valence-electron chi connectivity index (χ3n) is 4.44. The molecule has 0 aliphatic carbocycles. The molecule has 0 spiro atoms. The number of carbonyl (C=O) groups is 2. The molecule has 0 saturated carbocycles. The number of nitrogens with zero attached hydrogens (tertiary/aromatic N) is 1. The number of nitrogens with one attached hydrogen (secondary N) is 1. The van der Waals surface area contributed by atoms with Crippen molar-refractivity contribution < 1.29 is 14.7 Å². The molecule has 1 aliphatic heterocycles. The first-order valence-electron chi connectivity index (χ1n) is 7.83. The van der Waals surface area contributed by atoms with Crippen LogP contribution in [0.3, 0.4) is 0 Å². The largest absolute Gasteiger partial charge is 0.480 e. The fourth-order valence-corrected chi connectivity index (χ4v) is 2.79. The number of hydrogen-bond acceptors (Lipinski definition) is 3. The van der Waals surface area contributed by atoms with Crippen LogP contribution in [0, 0.1) is 5.92 Å². The number of rotatable bonds is 6. The minimum absolute atomic E-state index is 0.00705. The molecular formula is C17H24N2O3. The SMILES string of the molecule is CC[C@H](C)[C@H](NCC(=O)N1CCc2ccccc2C1)C(=O)O. The number of carbonyl (C=O) groups excluding carboxylic acids is 1. The van der Waals surface area contributed by atoms with Crippen LogP contribution >= 0.6 is 0 Å². The third kappa shape index (κ3) is 3.85. The van der Waals surface area contributed by atoms with E-state index in [2.05, 4.69) is 11.4 Å². The molecule has 22 heavy (non-hydrogen) atoms. The third-order valence-corrected chi connectivity index (χ3v) is 4.44. The van der Waals surface area contributed by atoms with E-state index in [1.807, 2.05) is 32.0 Å². The zero-order chi connectivity index (χ0) is 16.1. The van der Waals surface area contributed by atoms with E-state index < -0.39 is 12.0 Å². The highest BCUT2D eigenvalue weighted by Crippen LogP contribution is 2.18. The van der Waals surface area contributed by atoms with Crippen molar-refractivity contribution in [3.63, 3.8) is 0 Å². The van der Waals surface area contributed by atoms with Gasteiger partial charge in [0.1, 0.15) is 6.04 Å². The van der Waals surface area contributed by atoms with Crippen molar-refractivity contribution in [2.24, 2.45) is 5.92 Å². The molecule has 2 atom stereocenters. The van der Waals surface area contributed by atoms with Crippen LogP contribution in [0.4, 0.5) is 0 Å². The summed E-state index contributed by atoms with van der Waals surface area (Å²) in [7, 11) is 0. The number of carboxylic acids is 1. The number of fused-ring (bicyclic) bond motifs is 1. The molecule has 5 heteroatoms. The summed E-state index contributed by atoms with van der Waals surface area (Å²) >= 11 is 0. The van der Waals surface area contributed by atoms with E-state index in [1.54, 1.807) is 4.90 Å². The Morgan fingerprint density at radius 3 is 2.64 bits per heavy atom. The fourth-order valence-electron chi connectivity index (χ4n) is 2.79. The Balaban J connectivity index is 1.92. The highest BCUT2D eigenvalue weighted by atomic mass is 16.4. The van der Waals surface area contributed by atoms with Crippen molar-refractivity contribution in [1.82, 2.24) is 10.2 Å². The summed E-state index contributed by atoms with van der Waals surface area (Å²) in [5, 5.41) is 12.1. The summed E-state index contributed by atoms with van der Waals surface area (Å²) in [5.41, 5.74) is 2.47. The topological polar surface area (TPSA) is 69.6 Å². The van der Waals surface area contributed by atoms with Crippen LogP contribution in [-0.2, 0) is 22.6 Å². The smallest absolute Gasteiger partial charge is 0.320 e. The van der Waals surface area contributed by atoms with Gasteiger partial charge in [-0.05, 0) is 23.5 Å². The maximum Gasteiger partial charge on any atom is 0.320 e. The molecule has 0 saturated heterocycles. The van der Waals surface area contributed by atoms with Crippen LogP contribution in [-0.4, -0.2) is 41.0 Å². The minimum Gasteiger partial charge on any atom is -0.480 e. The van der Waals surface area contributed by atoms with Crippen molar-refractivity contribution in [1.29, 1.82) is 0 Å². The molecule has 1 aliphatic rings. The van der Waals surface area contributed by atoms with Gasteiger partial charge < -0.3 is 10.0 Å². The average molecular weight is 304 g/mol. The number of benzene rings is 1. The number of aliphatic carboxylic acids is 1. The van der Waals surface area contributed by atoms with E-state index in [1.165, 1.54) is 11.1 Å². The van der Waals surface area contributed by atoms with Gasteiger partial charge in [0.15, 0.2) is 0 Å². The van der Waals surface area contributed by atoms with Gasteiger partial charge in [-0.15, -0.1) is 0 Å². The first kappa shape index (κ1) is 16.5. The number of amides is 1. The monoisotopic (exact) mass is 304 g/mol. The second-order valence-corrected chi connectivity index (χ2v) is 5.92. The van der Waals surface area contributed by atoms with Crippen molar-refractivity contribution in [2.45, 2.75) is 39.3 Å². The van der Waals surface area contributed by atoms with Gasteiger partial charge >= 0.3 is 5.97 Å². The Kier molecular flexibility index (Phi) is 5.55. The van der Waals surface area contributed by atoms with Crippen LogP contribution in [0.25, 0.3) is 0 Å². The van der Waals surface area contributed by atoms with Gasteiger partial charge in [-0.1, -0.05) is 44.5 Å². The molecule has 1 amide bonds. The molecule has 0 bridgehead atoms. The fraction of sp³-hybridized carbons (Fsp3) is 0.529. The lowest BCUT2D eigenvalue weighted by atomic mass is 9.99.